The van der Waals surface area contributed by atoms with Crippen molar-refractivity contribution in [2.75, 3.05) is 6.54 Å². The molecule has 0 spiro atoms. The van der Waals surface area contributed by atoms with Crippen molar-refractivity contribution in [1.29, 1.82) is 0 Å². The summed E-state index contributed by atoms with van der Waals surface area (Å²) in [5.74, 6) is -5.11. The highest BCUT2D eigenvalue weighted by molar-refractivity contribution is 5.93. The van der Waals surface area contributed by atoms with E-state index in [0.717, 1.165) is 12.4 Å². The highest BCUT2D eigenvalue weighted by Crippen LogP contribution is 2.21. The topological polar surface area (TPSA) is 57.8 Å². The normalized spacial score (nSPS) is 11.8. The standard InChI is InChI=1S/C7H7F4N3O/c8-6(9)7(10,11)3-12-5(15)4-1-13-14-2-4/h1-2,6H,3H2,(H,12,15)(H,13,14). The fourth-order valence-corrected chi connectivity index (χ4v) is 0.752. The molecule has 0 unspecified atom stereocenters. The van der Waals surface area contributed by atoms with Crippen LogP contribution in [-0.4, -0.2) is 35.0 Å². The Bertz CT molecular complexity index is 325. The molecule has 0 aromatic carbocycles. The number of nitrogens with zero attached hydrogens (tertiary/aromatic N) is 1. The number of H-pyrrole nitrogens is 1. The van der Waals surface area contributed by atoms with Crippen molar-refractivity contribution < 1.29 is 22.4 Å². The summed E-state index contributed by atoms with van der Waals surface area (Å²) < 4.78 is 48.1. The largest absolute Gasteiger partial charge is 0.346 e. The van der Waals surface area contributed by atoms with Gasteiger partial charge in [0.2, 0.25) is 0 Å². The number of carbonyl (C=O) groups excluding carboxylic acids is 1. The van der Waals surface area contributed by atoms with Gasteiger partial charge in [-0.15, -0.1) is 0 Å². The number of alkyl halides is 4. The van der Waals surface area contributed by atoms with Crippen LogP contribution in [0.2, 0.25) is 0 Å². The van der Waals surface area contributed by atoms with Gasteiger partial charge < -0.3 is 5.32 Å². The van der Waals surface area contributed by atoms with Crippen molar-refractivity contribution in [1.82, 2.24) is 15.5 Å². The van der Waals surface area contributed by atoms with Gasteiger partial charge in [0.15, 0.2) is 0 Å². The van der Waals surface area contributed by atoms with Gasteiger partial charge in [0.1, 0.15) is 0 Å². The molecule has 0 aliphatic rings. The van der Waals surface area contributed by atoms with E-state index in [1.54, 1.807) is 5.32 Å². The minimum absolute atomic E-state index is 0.0000614. The molecular weight excluding hydrogens is 218 g/mol. The lowest BCUT2D eigenvalue weighted by atomic mass is 10.3. The molecule has 0 radical (unpaired) electrons. The summed E-state index contributed by atoms with van der Waals surface area (Å²) in [5, 5.41) is 7.36. The molecule has 0 fully saturated rings. The van der Waals surface area contributed by atoms with E-state index in [-0.39, 0.29) is 5.56 Å². The van der Waals surface area contributed by atoms with Gasteiger partial charge in [0.25, 0.3) is 5.91 Å². The van der Waals surface area contributed by atoms with E-state index in [1.165, 1.54) is 0 Å². The first-order chi connectivity index (χ1) is 6.93. The summed E-state index contributed by atoms with van der Waals surface area (Å²) in [5.41, 5.74) is 0.0000614. The van der Waals surface area contributed by atoms with Gasteiger partial charge >= 0.3 is 12.3 Å². The SMILES string of the molecule is O=C(NCC(F)(F)C(F)F)c1cn[nH]c1. The second-order valence-corrected chi connectivity index (χ2v) is 2.73. The Hall–Kier alpha value is -1.60. The average molecular weight is 225 g/mol. The fourth-order valence-electron chi connectivity index (χ4n) is 0.752. The van der Waals surface area contributed by atoms with Crippen molar-refractivity contribution in [3.63, 3.8) is 0 Å². The van der Waals surface area contributed by atoms with Crippen molar-refractivity contribution in [3.8, 4) is 0 Å². The second-order valence-electron chi connectivity index (χ2n) is 2.73. The molecule has 0 aliphatic carbocycles. The maximum absolute atomic E-state index is 12.4. The van der Waals surface area contributed by atoms with Crippen LogP contribution in [0.4, 0.5) is 17.6 Å². The van der Waals surface area contributed by atoms with Crippen molar-refractivity contribution in [3.05, 3.63) is 18.0 Å². The fraction of sp³-hybridized carbons (Fsp3) is 0.429. The number of halogens is 4. The lowest BCUT2D eigenvalue weighted by molar-refractivity contribution is -0.123. The second kappa shape index (κ2) is 4.28. The van der Waals surface area contributed by atoms with E-state index in [0.29, 0.717) is 0 Å². The molecule has 0 aliphatic heterocycles. The first kappa shape index (κ1) is 11.5. The molecule has 4 nitrogen and oxygen atoms in total. The molecule has 1 amide bonds. The number of rotatable bonds is 4. The zero-order valence-corrected chi connectivity index (χ0v) is 7.31. The summed E-state index contributed by atoms with van der Waals surface area (Å²) in [7, 11) is 0. The Morgan fingerprint density at radius 1 is 1.60 bits per heavy atom. The van der Waals surface area contributed by atoms with Crippen LogP contribution in [0.15, 0.2) is 12.4 Å². The quantitative estimate of drug-likeness (QED) is 0.752. The lowest BCUT2D eigenvalue weighted by Crippen LogP contribution is -2.41. The third-order valence-electron chi connectivity index (χ3n) is 1.56. The molecule has 1 aromatic rings. The molecule has 1 heterocycles. The molecular formula is C7H7F4N3O. The summed E-state index contributed by atoms with van der Waals surface area (Å²) in [4.78, 5) is 11.0. The number of carbonyl (C=O) groups is 1. The van der Waals surface area contributed by atoms with E-state index >= 15 is 0 Å². The van der Waals surface area contributed by atoms with E-state index in [2.05, 4.69) is 10.2 Å². The Kier molecular flexibility index (Phi) is 3.28. The zero-order chi connectivity index (χ0) is 11.5. The first-order valence-corrected chi connectivity index (χ1v) is 3.86. The number of hydrogen-bond donors (Lipinski definition) is 2. The van der Waals surface area contributed by atoms with Crippen LogP contribution in [0.3, 0.4) is 0 Å². The average Bonchev–Trinajstić information content (AvgIpc) is 2.66. The van der Waals surface area contributed by atoms with Crippen LogP contribution in [0.5, 0.6) is 0 Å². The van der Waals surface area contributed by atoms with E-state index in [4.69, 9.17) is 0 Å². The monoisotopic (exact) mass is 225 g/mol. The molecule has 84 valence electrons. The van der Waals surface area contributed by atoms with E-state index in [1.807, 2.05) is 0 Å². The first-order valence-electron chi connectivity index (χ1n) is 3.86. The molecule has 0 bridgehead atoms. The van der Waals surface area contributed by atoms with Gasteiger partial charge in [-0.05, 0) is 0 Å². The summed E-state index contributed by atoms with van der Waals surface area (Å²) in [6, 6.07) is 0. The van der Waals surface area contributed by atoms with E-state index < -0.39 is 24.8 Å². The number of aromatic amines is 1. The molecule has 1 aromatic heterocycles. The number of nitrogens with one attached hydrogen (secondary N) is 2. The molecule has 0 atom stereocenters. The number of aromatic nitrogens is 2. The van der Waals surface area contributed by atoms with Crippen LogP contribution >= 0.6 is 0 Å². The van der Waals surface area contributed by atoms with Gasteiger partial charge in [0.05, 0.1) is 18.3 Å². The van der Waals surface area contributed by atoms with Crippen LogP contribution in [-0.2, 0) is 0 Å². The zero-order valence-electron chi connectivity index (χ0n) is 7.31. The van der Waals surface area contributed by atoms with Gasteiger partial charge in [0, 0.05) is 6.20 Å². The Labute approximate surface area is 81.7 Å². The Morgan fingerprint density at radius 3 is 2.73 bits per heavy atom. The van der Waals surface area contributed by atoms with Gasteiger partial charge in [-0.3, -0.25) is 9.89 Å². The van der Waals surface area contributed by atoms with Crippen LogP contribution < -0.4 is 5.32 Å². The van der Waals surface area contributed by atoms with Crippen molar-refractivity contribution in [2.24, 2.45) is 0 Å². The maximum Gasteiger partial charge on any atom is 0.324 e. The molecule has 0 saturated carbocycles. The number of amides is 1. The highest BCUT2D eigenvalue weighted by atomic mass is 19.3. The summed E-state index contributed by atoms with van der Waals surface area (Å²) >= 11 is 0. The smallest absolute Gasteiger partial charge is 0.324 e. The van der Waals surface area contributed by atoms with Gasteiger partial charge in [-0.25, -0.2) is 8.78 Å². The van der Waals surface area contributed by atoms with Crippen LogP contribution in [0.1, 0.15) is 10.4 Å². The molecule has 8 heteroatoms. The Balaban J connectivity index is 2.48. The molecule has 2 N–H and O–H groups in total. The highest BCUT2D eigenvalue weighted by Gasteiger charge is 2.40. The predicted octanol–water partition coefficient (Wildman–Crippen LogP) is 1.04. The minimum Gasteiger partial charge on any atom is -0.346 e. The predicted molar refractivity (Wildman–Crippen MR) is 41.9 cm³/mol. The Morgan fingerprint density at radius 2 is 2.27 bits per heavy atom. The molecule has 1 rings (SSSR count). The van der Waals surface area contributed by atoms with E-state index in [9.17, 15) is 22.4 Å². The molecule has 15 heavy (non-hydrogen) atoms. The third-order valence-corrected chi connectivity index (χ3v) is 1.56. The summed E-state index contributed by atoms with van der Waals surface area (Å²) in [6.45, 7) is -1.41. The van der Waals surface area contributed by atoms with Crippen LogP contribution in [0, 0.1) is 0 Å². The van der Waals surface area contributed by atoms with Crippen molar-refractivity contribution in [2.45, 2.75) is 12.3 Å². The maximum atomic E-state index is 12.4. The number of hydrogen-bond acceptors (Lipinski definition) is 2. The van der Waals surface area contributed by atoms with Crippen molar-refractivity contribution >= 4 is 5.91 Å². The van der Waals surface area contributed by atoms with Crippen LogP contribution in [0.25, 0.3) is 0 Å². The summed E-state index contributed by atoms with van der Waals surface area (Å²) in [6.07, 6.45) is -1.55. The minimum atomic E-state index is -4.22. The molecule has 0 saturated heterocycles. The third kappa shape index (κ3) is 2.93. The van der Waals surface area contributed by atoms with Gasteiger partial charge in [-0.2, -0.15) is 13.9 Å². The lowest BCUT2D eigenvalue weighted by Gasteiger charge is -2.15. The van der Waals surface area contributed by atoms with Gasteiger partial charge in [-0.1, -0.05) is 0 Å².